The van der Waals surface area contributed by atoms with E-state index >= 15 is 0 Å². The van der Waals surface area contributed by atoms with Crippen molar-refractivity contribution in [2.75, 3.05) is 13.1 Å². The van der Waals surface area contributed by atoms with E-state index in [-0.39, 0.29) is 11.8 Å². The van der Waals surface area contributed by atoms with Crippen molar-refractivity contribution in [1.29, 1.82) is 0 Å². The highest BCUT2D eigenvalue weighted by atomic mass is 35.5. The fourth-order valence-electron chi connectivity index (χ4n) is 4.86. The Hall–Kier alpha value is -3.62. The van der Waals surface area contributed by atoms with E-state index in [0.29, 0.717) is 41.5 Å². The van der Waals surface area contributed by atoms with Gasteiger partial charge in [-0.1, -0.05) is 23.7 Å². The lowest BCUT2D eigenvalue weighted by atomic mass is 9.86. The largest absolute Gasteiger partial charge is 0.309 e. The zero-order chi connectivity index (χ0) is 23.3. The van der Waals surface area contributed by atoms with E-state index in [1.807, 2.05) is 24.3 Å². The predicted octanol–water partition coefficient (Wildman–Crippen LogP) is 4.26. The molecule has 9 heteroatoms. The first-order valence-corrected chi connectivity index (χ1v) is 12.0. The molecule has 0 aliphatic carbocycles. The number of thiazole rings is 1. The van der Waals surface area contributed by atoms with Crippen LogP contribution in [-0.2, 0) is 12.1 Å². The fourth-order valence-corrected chi connectivity index (χ4v) is 5.77. The number of rotatable bonds is 3. The molecule has 1 aromatic carbocycles. The minimum absolute atomic E-state index is 0.131. The Labute approximate surface area is 204 Å². The van der Waals surface area contributed by atoms with Crippen LogP contribution in [0.4, 0.5) is 0 Å². The molecule has 5 heterocycles. The maximum Gasteiger partial charge on any atom is 0.275 e. The summed E-state index contributed by atoms with van der Waals surface area (Å²) in [6.07, 6.45) is 5.49. The van der Waals surface area contributed by atoms with Gasteiger partial charge in [-0.3, -0.25) is 19.6 Å². The van der Waals surface area contributed by atoms with Crippen LogP contribution < -0.4 is 0 Å². The van der Waals surface area contributed by atoms with Crippen molar-refractivity contribution >= 4 is 34.8 Å². The second kappa shape index (κ2) is 8.00. The molecule has 2 aliphatic heterocycles. The number of carbonyl (C=O) groups excluding carboxylic acids is 2. The Morgan fingerprint density at radius 1 is 1.06 bits per heavy atom. The predicted molar refractivity (Wildman–Crippen MR) is 128 cm³/mol. The fraction of sp³-hybridized carbons (Fsp3) is 0.160. The van der Waals surface area contributed by atoms with Crippen LogP contribution >= 0.6 is 22.9 Å². The lowest BCUT2D eigenvalue weighted by Crippen LogP contribution is -2.58. The number of hydrogen-bond acceptors (Lipinski definition) is 6. The average Bonchev–Trinajstić information content (AvgIpc) is 3.51. The van der Waals surface area contributed by atoms with Crippen LogP contribution in [0.1, 0.15) is 32.1 Å². The number of amides is 2. The van der Waals surface area contributed by atoms with E-state index in [4.69, 9.17) is 11.6 Å². The molecule has 0 unspecified atom stereocenters. The van der Waals surface area contributed by atoms with Crippen LogP contribution in [0, 0.1) is 0 Å². The van der Waals surface area contributed by atoms with E-state index in [1.54, 1.807) is 58.0 Å². The molecule has 168 valence electrons. The highest BCUT2D eigenvalue weighted by Crippen LogP contribution is 2.45. The number of hydrogen-bond donors (Lipinski definition) is 0. The maximum atomic E-state index is 13.9. The summed E-state index contributed by atoms with van der Waals surface area (Å²) >= 11 is 7.57. The minimum atomic E-state index is -1.00. The Bertz CT molecular complexity index is 1410. The topological polar surface area (TPSA) is 79.3 Å². The van der Waals surface area contributed by atoms with Crippen molar-refractivity contribution < 1.29 is 9.59 Å². The van der Waals surface area contributed by atoms with Crippen molar-refractivity contribution in [3.8, 4) is 10.6 Å². The molecule has 1 atom stereocenters. The summed E-state index contributed by atoms with van der Waals surface area (Å²) in [7, 11) is 0. The first-order valence-electron chi connectivity index (χ1n) is 10.8. The van der Waals surface area contributed by atoms with E-state index in [2.05, 4.69) is 15.0 Å². The summed E-state index contributed by atoms with van der Waals surface area (Å²) in [6.45, 7) is 0.808. The van der Waals surface area contributed by atoms with Crippen LogP contribution in [0.15, 0.2) is 72.5 Å². The van der Waals surface area contributed by atoms with Crippen molar-refractivity contribution in [3.63, 3.8) is 0 Å². The Morgan fingerprint density at radius 2 is 1.88 bits per heavy atom. The second-order valence-electron chi connectivity index (χ2n) is 8.19. The molecule has 2 amide bonds. The summed E-state index contributed by atoms with van der Waals surface area (Å²) in [5.41, 5.74) is 2.26. The monoisotopic (exact) mass is 487 g/mol. The van der Waals surface area contributed by atoms with Crippen molar-refractivity contribution in [2.24, 2.45) is 0 Å². The highest BCUT2D eigenvalue weighted by Gasteiger charge is 2.56. The van der Waals surface area contributed by atoms with Gasteiger partial charge in [-0.2, -0.15) is 0 Å². The molecule has 6 rings (SSSR count). The first-order chi connectivity index (χ1) is 16.6. The zero-order valence-corrected chi connectivity index (χ0v) is 19.5. The van der Waals surface area contributed by atoms with Crippen LogP contribution in [0.5, 0.6) is 0 Å². The summed E-state index contributed by atoms with van der Waals surface area (Å²) in [5, 5.41) is 3.07. The highest BCUT2D eigenvalue weighted by molar-refractivity contribution is 7.13. The molecule has 2 aliphatic rings. The van der Waals surface area contributed by atoms with Gasteiger partial charge in [0.15, 0.2) is 0 Å². The quantitative estimate of drug-likeness (QED) is 0.431. The molecule has 0 bridgehead atoms. The van der Waals surface area contributed by atoms with Gasteiger partial charge in [0.05, 0.1) is 11.3 Å². The van der Waals surface area contributed by atoms with Crippen LogP contribution in [0.25, 0.3) is 10.6 Å². The third-order valence-electron chi connectivity index (χ3n) is 6.40. The lowest BCUT2D eigenvalue weighted by Gasteiger charge is -2.46. The van der Waals surface area contributed by atoms with Gasteiger partial charge in [0, 0.05) is 54.1 Å². The molecule has 0 N–H and O–H groups in total. The molecular weight excluding hydrogens is 470 g/mol. The van der Waals surface area contributed by atoms with Gasteiger partial charge in [0.1, 0.15) is 16.4 Å². The number of carbonyl (C=O) groups is 2. The molecule has 7 nitrogen and oxygen atoms in total. The minimum Gasteiger partial charge on any atom is -0.309 e. The molecule has 4 aromatic rings. The molecule has 1 saturated heterocycles. The van der Waals surface area contributed by atoms with Crippen LogP contribution in [0.3, 0.4) is 0 Å². The molecule has 0 saturated carbocycles. The molecule has 34 heavy (non-hydrogen) atoms. The Balaban J connectivity index is 1.46. The third-order valence-corrected chi connectivity index (χ3v) is 7.55. The summed E-state index contributed by atoms with van der Waals surface area (Å²) in [5.74, 6) is -0.357. The van der Waals surface area contributed by atoms with Gasteiger partial charge < -0.3 is 9.80 Å². The number of nitrogens with zero attached hydrogens (tertiary/aromatic N) is 5. The molecule has 1 fully saturated rings. The third kappa shape index (κ3) is 3.13. The lowest BCUT2D eigenvalue weighted by molar-refractivity contribution is 0.00679. The summed E-state index contributed by atoms with van der Waals surface area (Å²) in [6, 6.07) is 14.6. The number of halogens is 1. The first kappa shape index (κ1) is 20.9. The van der Waals surface area contributed by atoms with Gasteiger partial charge in [-0.25, -0.2) is 4.98 Å². The SMILES string of the molecule is O=C(c1csc(-c2cccnc2)n1)N1CCN2C(=O)c3cccnc3C[C@]12c1ccc(Cl)cc1. The maximum absolute atomic E-state index is 13.9. The van der Waals surface area contributed by atoms with Gasteiger partial charge in [-0.15, -0.1) is 11.3 Å². The summed E-state index contributed by atoms with van der Waals surface area (Å²) < 4.78 is 0. The molecule has 3 aromatic heterocycles. The standard InChI is InChI=1S/C25H18ClN5O2S/c26-18-7-5-17(6-8-18)25-13-20-19(4-2-10-28-20)23(32)30(25)11-12-31(25)24(33)21-15-34-22(29-21)16-3-1-9-27-14-16/h1-10,14-15H,11-13H2/t25-/m1/s1. The number of benzene rings is 1. The Morgan fingerprint density at radius 3 is 2.68 bits per heavy atom. The molecular formula is C25H18ClN5O2S. The van der Waals surface area contributed by atoms with E-state index < -0.39 is 5.66 Å². The van der Waals surface area contributed by atoms with Crippen molar-refractivity contribution in [2.45, 2.75) is 12.1 Å². The zero-order valence-electron chi connectivity index (χ0n) is 17.9. The van der Waals surface area contributed by atoms with Crippen LogP contribution in [0.2, 0.25) is 5.02 Å². The Kier molecular flexibility index (Phi) is 4.93. The van der Waals surface area contributed by atoms with Gasteiger partial charge in [-0.05, 0) is 42.0 Å². The number of pyridine rings is 2. The normalized spacial score (nSPS) is 19.1. The van der Waals surface area contributed by atoms with Gasteiger partial charge in [0.2, 0.25) is 0 Å². The number of fused-ring (bicyclic) bond motifs is 2. The van der Waals surface area contributed by atoms with E-state index in [9.17, 15) is 9.59 Å². The number of aromatic nitrogens is 3. The van der Waals surface area contributed by atoms with Crippen molar-refractivity contribution in [3.05, 3.63) is 100 Å². The van der Waals surface area contributed by atoms with E-state index in [0.717, 1.165) is 16.1 Å². The van der Waals surface area contributed by atoms with Crippen molar-refractivity contribution in [1.82, 2.24) is 24.8 Å². The average molecular weight is 488 g/mol. The molecule has 0 spiro atoms. The molecule has 0 radical (unpaired) electrons. The summed E-state index contributed by atoms with van der Waals surface area (Å²) in [4.78, 5) is 44.2. The second-order valence-corrected chi connectivity index (χ2v) is 9.49. The van der Waals surface area contributed by atoms with Gasteiger partial charge >= 0.3 is 0 Å². The van der Waals surface area contributed by atoms with Gasteiger partial charge in [0.25, 0.3) is 11.8 Å². The van der Waals surface area contributed by atoms with E-state index in [1.165, 1.54) is 11.3 Å². The van der Waals surface area contributed by atoms with Crippen LogP contribution in [-0.4, -0.2) is 49.7 Å². The smallest absolute Gasteiger partial charge is 0.275 e.